The quantitative estimate of drug-likeness (QED) is 0.772. The molecular formula is C16H22N6O. The molecule has 5 N–H and O–H groups in total. The van der Waals surface area contributed by atoms with E-state index in [9.17, 15) is 4.79 Å². The number of carbonyl (C=O) groups excluding carboxylic acids is 1. The summed E-state index contributed by atoms with van der Waals surface area (Å²) in [6.45, 7) is 1.48. The highest BCUT2D eigenvalue weighted by Crippen LogP contribution is 2.39. The highest BCUT2D eigenvalue weighted by atomic mass is 16.1. The second-order valence-electron chi connectivity index (χ2n) is 6.05. The minimum Gasteiger partial charge on any atom is -0.369 e. The average Bonchev–Trinajstić information content (AvgIpc) is 2.48. The molecule has 0 atom stereocenters. The molecule has 0 aromatic heterocycles. The fraction of sp³-hybridized carbons (Fsp3) is 0.438. The molecule has 1 aromatic rings. The highest BCUT2D eigenvalue weighted by Gasteiger charge is 2.42. The van der Waals surface area contributed by atoms with E-state index in [0.29, 0.717) is 5.96 Å². The van der Waals surface area contributed by atoms with Crippen molar-refractivity contribution >= 4 is 29.2 Å². The summed E-state index contributed by atoms with van der Waals surface area (Å²) in [4.78, 5) is 21.9. The Morgan fingerprint density at radius 1 is 1.17 bits per heavy atom. The normalized spacial score (nSPS) is 20.0. The lowest BCUT2D eigenvalue weighted by Crippen LogP contribution is -2.58. The third-order valence-corrected chi connectivity index (χ3v) is 4.30. The first kappa shape index (κ1) is 15.3. The predicted molar refractivity (Wildman–Crippen MR) is 92.3 cm³/mol. The highest BCUT2D eigenvalue weighted by molar-refractivity contribution is 6.05. The molecule has 0 saturated heterocycles. The van der Waals surface area contributed by atoms with Crippen LogP contribution in [-0.4, -0.2) is 23.5 Å². The topological polar surface area (TPSA) is 109 Å². The van der Waals surface area contributed by atoms with Gasteiger partial charge in [-0.3, -0.25) is 9.69 Å². The number of amides is 1. The zero-order valence-corrected chi connectivity index (χ0v) is 13.2. The molecule has 23 heavy (non-hydrogen) atoms. The smallest absolute Gasteiger partial charge is 0.221 e. The van der Waals surface area contributed by atoms with Crippen molar-refractivity contribution in [3.8, 4) is 0 Å². The maximum absolute atomic E-state index is 11.1. The average molecular weight is 314 g/mol. The van der Waals surface area contributed by atoms with Crippen molar-refractivity contribution in [2.45, 2.75) is 44.7 Å². The van der Waals surface area contributed by atoms with E-state index in [-0.39, 0.29) is 11.9 Å². The van der Waals surface area contributed by atoms with Gasteiger partial charge in [0, 0.05) is 18.3 Å². The minimum absolute atomic E-state index is 0.0991. The number of aliphatic imine (C=N–C) groups is 2. The van der Waals surface area contributed by atoms with E-state index in [1.807, 2.05) is 29.2 Å². The van der Waals surface area contributed by atoms with E-state index in [0.717, 1.165) is 37.1 Å². The Kier molecular flexibility index (Phi) is 3.94. The first-order chi connectivity index (χ1) is 11.0. The van der Waals surface area contributed by atoms with Crippen molar-refractivity contribution in [2.75, 3.05) is 10.2 Å². The summed E-state index contributed by atoms with van der Waals surface area (Å²) in [6, 6.07) is 7.53. The van der Waals surface area contributed by atoms with Gasteiger partial charge in [-0.25, -0.2) is 4.99 Å². The Hall–Kier alpha value is -2.57. The van der Waals surface area contributed by atoms with Crippen molar-refractivity contribution in [3.63, 3.8) is 0 Å². The van der Waals surface area contributed by atoms with Crippen LogP contribution in [-0.2, 0) is 4.79 Å². The van der Waals surface area contributed by atoms with Crippen LogP contribution in [0.25, 0.3) is 0 Å². The van der Waals surface area contributed by atoms with Gasteiger partial charge >= 0.3 is 0 Å². The minimum atomic E-state index is -0.441. The van der Waals surface area contributed by atoms with Gasteiger partial charge in [-0.15, -0.1) is 0 Å². The number of hydrogen-bond donors (Lipinski definition) is 3. The predicted octanol–water partition coefficient (Wildman–Crippen LogP) is 1.75. The first-order valence-electron chi connectivity index (χ1n) is 7.88. The third-order valence-electron chi connectivity index (χ3n) is 4.30. The number of nitrogens with one attached hydrogen (secondary N) is 1. The molecule has 122 valence electrons. The van der Waals surface area contributed by atoms with Crippen LogP contribution in [0.2, 0.25) is 0 Å². The summed E-state index contributed by atoms with van der Waals surface area (Å²) in [5.41, 5.74) is 13.2. The molecule has 7 nitrogen and oxygen atoms in total. The molecule has 1 aliphatic carbocycles. The summed E-state index contributed by atoms with van der Waals surface area (Å²) in [5.74, 6) is 0.514. The number of rotatable bonds is 2. The van der Waals surface area contributed by atoms with E-state index in [4.69, 9.17) is 11.5 Å². The lowest BCUT2D eigenvalue weighted by molar-refractivity contribution is -0.114. The summed E-state index contributed by atoms with van der Waals surface area (Å²) in [6.07, 6.45) is 5.17. The Labute approximate surface area is 135 Å². The molecule has 1 aliphatic heterocycles. The van der Waals surface area contributed by atoms with Crippen molar-refractivity contribution in [1.29, 1.82) is 0 Å². The van der Waals surface area contributed by atoms with Gasteiger partial charge in [-0.2, -0.15) is 4.99 Å². The summed E-state index contributed by atoms with van der Waals surface area (Å²) in [5, 5.41) is 2.76. The molecule has 0 unspecified atom stereocenters. The second-order valence-corrected chi connectivity index (χ2v) is 6.05. The standard InChI is InChI=1S/C16H22N6O/c1-11(23)19-12-5-7-13(8-6-12)22-15(18)20-14(17)21-16(22)9-3-2-4-10-16/h5-8H,2-4,9-10H2,1H3,(H,19,23)(H4,17,18,20,21). The third kappa shape index (κ3) is 2.99. The molecule has 1 aromatic carbocycles. The molecular weight excluding hydrogens is 292 g/mol. The molecule has 1 saturated carbocycles. The van der Waals surface area contributed by atoms with Crippen LogP contribution in [0.15, 0.2) is 34.3 Å². The fourth-order valence-corrected chi connectivity index (χ4v) is 3.39. The van der Waals surface area contributed by atoms with Crippen molar-refractivity contribution in [2.24, 2.45) is 21.5 Å². The first-order valence-corrected chi connectivity index (χ1v) is 7.88. The zero-order chi connectivity index (χ0) is 16.4. The molecule has 0 radical (unpaired) electrons. The van der Waals surface area contributed by atoms with E-state index < -0.39 is 5.66 Å². The maximum atomic E-state index is 11.1. The van der Waals surface area contributed by atoms with Gasteiger partial charge in [-0.05, 0) is 49.9 Å². The van der Waals surface area contributed by atoms with Gasteiger partial charge in [-0.1, -0.05) is 6.42 Å². The number of hydrogen-bond acceptors (Lipinski definition) is 6. The Morgan fingerprint density at radius 3 is 2.43 bits per heavy atom. The van der Waals surface area contributed by atoms with Crippen LogP contribution >= 0.6 is 0 Å². The summed E-state index contributed by atoms with van der Waals surface area (Å²) >= 11 is 0. The van der Waals surface area contributed by atoms with Crippen LogP contribution in [0.1, 0.15) is 39.0 Å². The number of guanidine groups is 2. The molecule has 0 bridgehead atoms. The molecule has 3 rings (SSSR count). The number of carbonyl (C=O) groups is 1. The van der Waals surface area contributed by atoms with Crippen LogP contribution in [0.3, 0.4) is 0 Å². The second kappa shape index (κ2) is 5.91. The summed E-state index contributed by atoms with van der Waals surface area (Å²) in [7, 11) is 0. The molecule has 7 heteroatoms. The Balaban J connectivity index is 1.95. The molecule has 2 aliphatic rings. The number of anilines is 2. The largest absolute Gasteiger partial charge is 0.369 e. The number of nitrogens with zero attached hydrogens (tertiary/aromatic N) is 3. The van der Waals surface area contributed by atoms with Gasteiger partial charge in [0.05, 0.1) is 0 Å². The van der Waals surface area contributed by atoms with Crippen molar-refractivity contribution in [1.82, 2.24) is 0 Å². The van der Waals surface area contributed by atoms with E-state index >= 15 is 0 Å². The van der Waals surface area contributed by atoms with Gasteiger partial charge < -0.3 is 16.8 Å². The van der Waals surface area contributed by atoms with E-state index in [1.165, 1.54) is 13.3 Å². The van der Waals surface area contributed by atoms with Crippen LogP contribution in [0.4, 0.5) is 11.4 Å². The zero-order valence-electron chi connectivity index (χ0n) is 13.2. The Morgan fingerprint density at radius 2 is 1.83 bits per heavy atom. The molecule has 1 amide bonds. The fourth-order valence-electron chi connectivity index (χ4n) is 3.39. The van der Waals surface area contributed by atoms with Crippen LogP contribution in [0.5, 0.6) is 0 Å². The maximum Gasteiger partial charge on any atom is 0.221 e. The SMILES string of the molecule is CC(=O)Nc1ccc(N2C(N)=NC(N)=NC23CCCCC3)cc1. The van der Waals surface area contributed by atoms with Gasteiger partial charge in [0.2, 0.25) is 17.8 Å². The van der Waals surface area contributed by atoms with Crippen LogP contribution < -0.4 is 21.7 Å². The van der Waals surface area contributed by atoms with E-state index in [1.54, 1.807) is 0 Å². The van der Waals surface area contributed by atoms with Crippen molar-refractivity contribution in [3.05, 3.63) is 24.3 Å². The van der Waals surface area contributed by atoms with Crippen LogP contribution in [0, 0.1) is 0 Å². The van der Waals surface area contributed by atoms with Crippen molar-refractivity contribution < 1.29 is 4.79 Å². The van der Waals surface area contributed by atoms with Gasteiger partial charge in [0.1, 0.15) is 5.66 Å². The molecule has 1 spiro atoms. The molecule has 1 fully saturated rings. The lowest BCUT2D eigenvalue weighted by Gasteiger charge is -2.45. The number of benzene rings is 1. The number of nitrogens with two attached hydrogens (primary N) is 2. The lowest BCUT2D eigenvalue weighted by atomic mass is 9.87. The molecule has 1 heterocycles. The van der Waals surface area contributed by atoms with Gasteiger partial charge in [0.25, 0.3) is 0 Å². The monoisotopic (exact) mass is 314 g/mol. The van der Waals surface area contributed by atoms with Gasteiger partial charge in [0.15, 0.2) is 0 Å². The summed E-state index contributed by atoms with van der Waals surface area (Å²) < 4.78 is 0. The Bertz CT molecular complexity index is 658. The van der Waals surface area contributed by atoms with E-state index in [2.05, 4.69) is 15.3 Å².